The largest absolute Gasteiger partial charge is 0.316 e. The Morgan fingerprint density at radius 1 is 1.60 bits per heavy atom. The minimum Gasteiger partial charge on any atom is -0.316 e. The fourth-order valence-corrected chi connectivity index (χ4v) is 3.02. The van der Waals surface area contributed by atoms with Crippen LogP contribution in [0.5, 0.6) is 0 Å². The molecule has 2 heterocycles. The van der Waals surface area contributed by atoms with E-state index in [1.165, 1.54) is 0 Å². The molecule has 2 atom stereocenters. The molecule has 1 N–H and O–H groups in total. The first-order chi connectivity index (χ1) is 7.27. The maximum absolute atomic E-state index is 12.1. The molecule has 1 saturated heterocycles. The highest BCUT2D eigenvalue weighted by Crippen LogP contribution is 2.13. The van der Waals surface area contributed by atoms with Gasteiger partial charge in [0.15, 0.2) is 0 Å². The topological polar surface area (TPSA) is 54.9 Å². The molecule has 0 unspecified atom stereocenters. The number of rotatable bonds is 2. The van der Waals surface area contributed by atoms with Crippen LogP contribution in [0.2, 0.25) is 0 Å². The highest BCUT2D eigenvalue weighted by atomic mass is 32.2. The second-order valence-corrected chi connectivity index (χ2v) is 5.37. The Labute approximate surface area is 92.0 Å². The summed E-state index contributed by atoms with van der Waals surface area (Å²) in [6.45, 7) is 3.73. The number of piperidine rings is 1. The zero-order valence-corrected chi connectivity index (χ0v) is 9.59. The Bertz CT molecular complexity index is 363. The molecular formula is C10H15N3OS. The lowest BCUT2D eigenvalue weighted by Crippen LogP contribution is -2.36. The molecule has 5 heteroatoms. The van der Waals surface area contributed by atoms with Crippen LogP contribution < -0.4 is 5.32 Å². The Kier molecular flexibility index (Phi) is 3.43. The van der Waals surface area contributed by atoms with Crippen molar-refractivity contribution in [3.05, 3.63) is 18.0 Å². The Hall–Kier alpha value is -0.810. The molecule has 0 spiro atoms. The molecule has 1 fully saturated rings. The van der Waals surface area contributed by atoms with Gasteiger partial charge in [-0.2, -0.15) is 0 Å². The van der Waals surface area contributed by atoms with E-state index >= 15 is 0 Å². The summed E-state index contributed by atoms with van der Waals surface area (Å²) in [7, 11) is -1.06. The van der Waals surface area contributed by atoms with Gasteiger partial charge in [-0.3, -0.25) is 4.21 Å². The number of nitrogens with zero attached hydrogens (tertiary/aromatic N) is 2. The van der Waals surface area contributed by atoms with Gasteiger partial charge in [-0.05, 0) is 32.4 Å². The average Bonchev–Trinajstić information content (AvgIpc) is 2.29. The maximum Gasteiger partial charge on any atom is 0.218 e. The minimum absolute atomic E-state index is 0.167. The lowest BCUT2D eigenvalue weighted by molar-refractivity contribution is 0.517. The Morgan fingerprint density at radius 2 is 2.47 bits per heavy atom. The summed E-state index contributed by atoms with van der Waals surface area (Å²) in [4.78, 5) is 8.28. The van der Waals surface area contributed by atoms with Crippen molar-refractivity contribution < 1.29 is 4.21 Å². The second kappa shape index (κ2) is 4.81. The van der Waals surface area contributed by atoms with Crippen LogP contribution in [0.4, 0.5) is 0 Å². The fraction of sp³-hybridized carbons (Fsp3) is 0.600. The van der Waals surface area contributed by atoms with Crippen LogP contribution >= 0.6 is 0 Å². The molecule has 0 radical (unpaired) electrons. The van der Waals surface area contributed by atoms with Crippen molar-refractivity contribution in [2.24, 2.45) is 0 Å². The van der Waals surface area contributed by atoms with Crippen molar-refractivity contribution in [1.29, 1.82) is 0 Å². The molecule has 0 aromatic carbocycles. The average molecular weight is 225 g/mol. The van der Waals surface area contributed by atoms with Gasteiger partial charge in [0.25, 0.3) is 0 Å². The van der Waals surface area contributed by atoms with Gasteiger partial charge in [-0.1, -0.05) is 0 Å². The molecule has 0 bridgehead atoms. The molecule has 15 heavy (non-hydrogen) atoms. The highest BCUT2D eigenvalue weighted by molar-refractivity contribution is 7.85. The van der Waals surface area contributed by atoms with E-state index in [1.54, 1.807) is 6.20 Å². The van der Waals surface area contributed by atoms with Gasteiger partial charge in [-0.15, -0.1) is 0 Å². The lowest BCUT2D eigenvalue weighted by Gasteiger charge is -2.21. The number of aryl methyl sites for hydroxylation is 1. The number of nitrogens with one attached hydrogen (secondary N) is 1. The van der Waals surface area contributed by atoms with Gasteiger partial charge >= 0.3 is 0 Å². The molecule has 2 rings (SSSR count). The molecule has 0 saturated carbocycles. The molecular weight excluding hydrogens is 210 g/mol. The van der Waals surface area contributed by atoms with Crippen molar-refractivity contribution >= 4 is 10.8 Å². The van der Waals surface area contributed by atoms with E-state index in [2.05, 4.69) is 15.3 Å². The van der Waals surface area contributed by atoms with E-state index < -0.39 is 10.8 Å². The summed E-state index contributed by atoms with van der Waals surface area (Å²) in [6.07, 6.45) is 3.75. The van der Waals surface area contributed by atoms with Crippen molar-refractivity contribution in [1.82, 2.24) is 15.3 Å². The van der Waals surface area contributed by atoms with Crippen molar-refractivity contribution in [3.63, 3.8) is 0 Å². The molecule has 0 amide bonds. The lowest BCUT2D eigenvalue weighted by atomic mass is 10.2. The van der Waals surface area contributed by atoms with E-state index in [4.69, 9.17) is 0 Å². The second-order valence-electron chi connectivity index (χ2n) is 3.75. The van der Waals surface area contributed by atoms with Crippen LogP contribution in [0.25, 0.3) is 0 Å². The predicted octanol–water partition coefficient (Wildman–Crippen LogP) is 0.645. The summed E-state index contributed by atoms with van der Waals surface area (Å²) < 4.78 is 12.1. The van der Waals surface area contributed by atoms with Crippen LogP contribution in [-0.2, 0) is 10.8 Å². The summed E-state index contributed by atoms with van der Waals surface area (Å²) in [5, 5.41) is 3.89. The quantitative estimate of drug-likeness (QED) is 0.751. The van der Waals surface area contributed by atoms with E-state index in [9.17, 15) is 4.21 Å². The van der Waals surface area contributed by atoms with Gasteiger partial charge in [-0.25, -0.2) is 9.97 Å². The number of hydrogen-bond donors (Lipinski definition) is 1. The van der Waals surface area contributed by atoms with Crippen molar-refractivity contribution in [2.75, 3.05) is 13.1 Å². The van der Waals surface area contributed by atoms with Crippen LogP contribution in [-0.4, -0.2) is 32.5 Å². The van der Waals surface area contributed by atoms with Gasteiger partial charge in [0.2, 0.25) is 5.16 Å². The van der Waals surface area contributed by atoms with Crippen molar-refractivity contribution in [3.8, 4) is 0 Å². The Morgan fingerprint density at radius 3 is 3.13 bits per heavy atom. The molecule has 4 nitrogen and oxygen atoms in total. The minimum atomic E-state index is -1.06. The Balaban J connectivity index is 2.12. The molecule has 82 valence electrons. The number of aromatic nitrogens is 2. The summed E-state index contributed by atoms with van der Waals surface area (Å²) >= 11 is 0. The first kappa shape index (κ1) is 10.7. The monoisotopic (exact) mass is 225 g/mol. The van der Waals surface area contributed by atoms with Crippen LogP contribution in [0, 0.1) is 6.92 Å². The van der Waals surface area contributed by atoms with Gasteiger partial charge < -0.3 is 5.32 Å². The smallest absolute Gasteiger partial charge is 0.218 e. The molecule has 1 aliphatic heterocycles. The highest BCUT2D eigenvalue weighted by Gasteiger charge is 2.22. The third-order valence-corrected chi connectivity index (χ3v) is 4.07. The molecule has 1 aromatic rings. The van der Waals surface area contributed by atoms with Gasteiger partial charge in [0.1, 0.15) is 0 Å². The first-order valence-electron chi connectivity index (χ1n) is 5.18. The van der Waals surface area contributed by atoms with Crippen LogP contribution in [0.15, 0.2) is 17.4 Å². The zero-order valence-electron chi connectivity index (χ0n) is 8.77. The molecule has 1 aromatic heterocycles. The van der Waals surface area contributed by atoms with Crippen LogP contribution in [0.3, 0.4) is 0 Å². The summed E-state index contributed by atoms with van der Waals surface area (Å²) in [6, 6.07) is 1.82. The molecule has 0 aliphatic carbocycles. The van der Waals surface area contributed by atoms with E-state index in [-0.39, 0.29) is 5.25 Å². The van der Waals surface area contributed by atoms with Crippen molar-refractivity contribution in [2.45, 2.75) is 30.2 Å². The first-order valence-corrected chi connectivity index (χ1v) is 6.39. The predicted molar refractivity (Wildman–Crippen MR) is 59.1 cm³/mol. The van der Waals surface area contributed by atoms with E-state index in [1.807, 2.05) is 13.0 Å². The van der Waals surface area contributed by atoms with Gasteiger partial charge in [0.05, 0.1) is 16.0 Å². The number of hydrogen-bond acceptors (Lipinski definition) is 4. The van der Waals surface area contributed by atoms with E-state index in [0.29, 0.717) is 5.16 Å². The summed E-state index contributed by atoms with van der Waals surface area (Å²) in [5.74, 6) is 0. The van der Waals surface area contributed by atoms with Gasteiger partial charge in [0, 0.05) is 18.4 Å². The molecule has 1 aliphatic rings. The fourth-order valence-electron chi connectivity index (χ4n) is 1.67. The third kappa shape index (κ3) is 2.60. The maximum atomic E-state index is 12.1. The zero-order chi connectivity index (χ0) is 10.7. The van der Waals surface area contributed by atoms with E-state index in [0.717, 1.165) is 31.6 Å². The summed E-state index contributed by atoms with van der Waals surface area (Å²) in [5.41, 5.74) is 0.872. The SMILES string of the molecule is Cc1ccnc([S@@](=O)[C@H]2CCCNC2)n1. The third-order valence-electron chi connectivity index (χ3n) is 2.51. The standard InChI is InChI=1S/C10H15N3OS/c1-8-4-6-12-10(13-8)15(14)9-3-2-5-11-7-9/h4,6,9,11H,2-3,5,7H2,1H3/t9-,15-/m0/s1. The van der Waals surface area contributed by atoms with Crippen LogP contribution in [0.1, 0.15) is 18.5 Å². The normalized spacial score (nSPS) is 23.7.